The van der Waals surface area contributed by atoms with Crippen LogP contribution in [0.3, 0.4) is 0 Å². The van der Waals surface area contributed by atoms with Crippen molar-refractivity contribution in [3.8, 4) is 0 Å². The Morgan fingerprint density at radius 2 is 2.50 bits per heavy atom. The van der Waals surface area contributed by atoms with Gasteiger partial charge in [-0.2, -0.15) is 0 Å². The van der Waals surface area contributed by atoms with Crippen molar-refractivity contribution < 1.29 is 0 Å². The highest BCUT2D eigenvalue weighted by Gasteiger charge is 2.15. The summed E-state index contributed by atoms with van der Waals surface area (Å²) in [6, 6.07) is 1.97. The van der Waals surface area contributed by atoms with Crippen molar-refractivity contribution in [3.05, 3.63) is 28.5 Å². The summed E-state index contributed by atoms with van der Waals surface area (Å²) >= 11 is 5.81. The zero-order valence-electron chi connectivity index (χ0n) is 6.97. The Balaban J connectivity index is 2.47. The van der Waals surface area contributed by atoms with Crippen molar-refractivity contribution in [2.24, 2.45) is 0 Å². The molecular formula is C9H11ClN2. The summed E-state index contributed by atoms with van der Waals surface area (Å²) < 4.78 is 0. The standard InChI is InChI=1S/C9H11ClN2/c1-6-3-11-4-7-5-12-9(10)2-8(6)7/h2,5-6,11H,3-4H2,1H3. The number of hydrogen-bond acceptors (Lipinski definition) is 2. The minimum atomic E-state index is 0.550. The first-order valence-corrected chi connectivity index (χ1v) is 4.50. The fraction of sp³-hybridized carbons (Fsp3) is 0.444. The first kappa shape index (κ1) is 8.02. The van der Waals surface area contributed by atoms with Gasteiger partial charge < -0.3 is 5.32 Å². The Morgan fingerprint density at radius 1 is 1.67 bits per heavy atom. The van der Waals surface area contributed by atoms with Gasteiger partial charge in [0.2, 0.25) is 0 Å². The van der Waals surface area contributed by atoms with Gasteiger partial charge in [0.25, 0.3) is 0 Å². The van der Waals surface area contributed by atoms with Crippen LogP contribution in [0.4, 0.5) is 0 Å². The molecule has 0 saturated heterocycles. The van der Waals surface area contributed by atoms with E-state index < -0.39 is 0 Å². The molecule has 64 valence electrons. The molecule has 0 aliphatic carbocycles. The lowest BCUT2D eigenvalue weighted by Gasteiger charge is -2.22. The highest BCUT2D eigenvalue weighted by atomic mass is 35.5. The van der Waals surface area contributed by atoms with E-state index >= 15 is 0 Å². The minimum Gasteiger partial charge on any atom is -0.312 e. The maximum atomic E-state index is 5.81. The molecule has 1 atom stereocenters. The van der Waals surface area contributed by atoms with Gasteiger partial charge in [-0.15, -0.1) is 0 Å². The summed E-state index contributed by atoms with van der Waals surface area (Å²) in [6.45, 7) is 4.15. The Bertz CT molecular complexity index is 299. The molecule has 0 fully saturated rings. The van der Waals surface area contributed by atoms with Crippen LogP contribution in [0.1, 0.15) is 24.0 Å². The van der Waals surface area contributed by atoms with Crippen molar-refractivity contribution in [1.82, 2.24) is 10.3 Å². The monoisotopic (exact) mass is 182 g/mol. The summed E-state index contributed by atoms with van der Waals surface area (Å²) in [6.07, 6.45) is 1.86. The van der Waals surface area contributed by atoms with Crippen LogP contribution in [0.5, 0.6) is 0 Å². The number of nitrogens with zero attached hydrogens (tertiary/aromatic N) is 1. The van der Waals surface area contributed by atoms with Gasteiger partial charge in [-0.25, -0.2) is 4.98 Å². The van der Waals surface area contributed by atoms with Gasteiger partial charge in [0, 0.05) is 19.3 Å². The van der Waals surface area contributed by atoms with E-state index in [-0.39, 0.29) is 0 Å². The van der Waals surface area contributed by atoms with E-state index in [0.29, 0.717) is 11.1 Å². The average Bonchev–Trinajstić information content (AvgIpc) is 2.07. The van der Waals surface area contributed by atoms with Crippen molar-refractivity contribution in [1.29, 1.82) is 0 Å². The Morgan fingerprint density at radius 3 is 3.33 bits per heavy atom. The first-order chi connectivity index (χ1) is 5.77. The molecule has 1 aliphatic heterocycles. The van der Waals surface area contributed by atoms with E-state index in [1.54, 1.807) is 0 Å². The maximum Gasteiger partial charge on any atom is 0.129 e. The molecule has 2 rings (SSSR count). The van der Waals surface area contributed by atoms with Crippen LogP contribution in [0.15, 0.2) is 12.3 Å². The molecule has 1 aromatic rings. The summed E-state index contributed by atoms with van der Waals surface area (Å²) in [7, 11) is 0. The van der Waals surface area contributed by atoms with Gasteiger partial charge >= 0.3 is 0 Å². The van der Waals surface area contributed by atoms with E-state index in [1.807, 2.05) is 12.3 Å². The molecule has 0 radical (unpaired) electrons. The van der Waals surface area contributed by atoms with E-state index in [2.05, 4.69) is 17.2 Å². The Labute approximate surface area is 77.0 Å². The molecule has 0 saturated carbocycles. The summed E-state index contributed by atoms with van der Waals surface area (Å²) in [5.41, 5.74) is 2.62. The second-order valence-electron chi connectivity index (χ2n) is 3.24. The number of hydrogen-bond donors (Lipinski definition) is 1. The summed E-state index contributed by atoms with van der Waals surface area (Å²) in [5.74, 6) is 0.550. The zero-order valence-corrected chi connectivity index (χ0v) is 7.73. The largest absolute Gasteiger partial charge is 0.312 e. The van der Waals surface area contributed by atoms with Gasteiger partial charge in [-0.05, 0) is 23.1 Å². The third-order valence-electron chi connectivity index (χ3n) is 2.29. The maximum absolute atomic E-state index is 5.81. The molecule has 1 unspecified atom stereocenters. The van der Waals surface area contributed by atoms with E-state index in [1.165, 1.54) is 11.1 Å². The lowest BCUT2D eigenvalue weighted by Crippen LogP contribution is -2.26. The lowest BCUT2D eigenvalue weighted by atomic mass is 9.94. The third kappa shape index (κ3) is 1.32. The van der Waals surface area contributed by atoms with Crippen molar-refractivity contribution in [2.75, 3.05) is 6.54 Å². The smallest absolute Gasteiger partial charge is 0.129 e. The predicted molar refractivity (Wildman–Crippen MR) is 49.4 cm³/mol. The van der Waals surface area contributed by atoms with Gasteiger partial charge in [-0.1, -0.05) is 18.5 Å². The number of aromatic nitrogens is 1. The van der Waals surface area contributed by atoms with E-state index in [9.17, 15) is 0 Å². The summed E-state index contributed by atoms with van der Waals surface area (Å²) in [4.78, 5) is 4.05. The molecule has 0 spiro atoms. The van der Waals surface area contributed by atoms with Gasteiger partial charge in [0.05, 0.1) is 0 Å². The molecular weight excluding hydrogens is 172 g/mol. The quantitative estimate of drug-likeness (QED) is 0.621. The second-order valence-corrected chi connectivity index (χ2v) is 3.63. The second kappa shape index (κ2) is 3.04. The SMILES string of the molecule is CC1CNCc2cnc(Cl)cc21. The fourth-order valence-electron chi connectivity index (χ4n) is 1.61. The number of rotatable bonds is 0. The minimum absolute atomic E-state index is 0.550. The van der Waals surface area contributed by atoms with E-state index in [0.717, 1.165) is 13.1 Å². The van der Waals surface area contributed by atoms with Crippen LogP contribution in [-0.4, -0.2) is 11.5 Å². The topological polar surface area (TPSA) is 24.9 Å². The van der Waals surface area contributed by atoms with Crippen molar-refractivity contribution in [3.63, 3.8) is 0 Å². The highest BCUT2D eigenvalue weighted by molar-refractivity contribution is 6.29. The zero-order chi connectivity index (χ0) is 8.55. The van der Waals surface area contributed by atoms with Gasteiger partial charge in [-0.3, -0.25) is 0 Å². The van der Waals surface area contributed by atoms with Crippen LogP contribution >= 0.6 is 11.6 Å². The predicted octanol–water partition coefficient (Wildman–Crippen LogP) is 1.94. The molecule has 0 aromatic carbocycles. The highest BCUT2D eigenvalue weighted by Crippen LogP contribution is 2.24. The third-order valence-corrected chi connectivity index (χ3v) is 2.49. The fourth-order valence-corrected chi connectivity index (χ4v) is 1.78. The molecule has 12 heavy (non-hydrogen) atoms. The average molecular weight is 183 g/mol. The molecule has 2 nitrogen and oxygen atoms in total. The van der Waals surface area contributed by atoms with Gasteiger partial charge in [0.1, 0.15) is 5.15 Å². The molecule has 0 bridgehead atoms. The molecule has 1 aromatic heterocycles. The molecule has 3 heteroatoms. The Kier molecular flexibility index (Phi) is 2.03. The van der Waals surface area contributed by atoms with Crippen molar-refractivity contribution >= 4 is 11.6 Å². The number of nitrogens with one attached hydrogen (secondary N) is 1. The lowest BCUT2D eigenvalue weighted by molar-refractivity contribution is 0.569. The molecule has 0 amide bonds. The first-order valence-electron chi connectivity index (χ1n) is 4.12. The van der Waals surface area contributed by atoms with E-state index in [4.69, 9.17) is 11.6 Å². The Hall–Kier alpha value is -0.600. The molecule has 1 N–H and O–H groups in total. The van der Waals surface area contributed by atoms with Crippen LogP contribution in [-0.2, 0) is 6.54 Å². The number of pyridine rings is 1. The van der Waals surface area contributed by atoms with Crippen LogP contribution < -0.4 is 5.32 Å². The van der Waals surface area contributed by atoms with Crippen molar-refractivity contribution in [2.45, 2.75) is 19.4 Å². The molecule has 1 aliphatic rings. The number of fused-ring (bicyclic) bond motifs is 1. The molecule has 2 heterocycles. The normalized spacial score (nSPS) is 22.0. The van der Waals surface area contributed by atoms with Crippen LogP contribution in [0.25, 0.3) is 0 Å². The number of halogens is 1. The van der Waals surface area contributed by atoms with Crippen LogP contribution in [0.2, 0.25) is 5.15 Å². The summed E-state index contributed by atoms with van der Waals surface area (Å²) in [5, 5.41) is 3.93. The van der Waals surface area contributed by atoms with Crippen LogP contribution in [0, 0.1) is 0 Å². The van der Waals surface area contributed by atoms with Gasteiger partial charge in [0.15, 0.2) is 0 Å².